The number of halogens is 3. The molecule has 170 valence electrons. The average molecular weight is 445 g/mol. The summed E-state index contributed by atoms with van der Waals surface area (Å²) < 4.78 is 37.4. The van der Waals surface area contributed by atoms with Gasteiger partial charge in [0.05, 0.1) is 6.04 Å². The summed E-state index contributed by atoms with van der Waals surface area (Å²) in [5.41, 5.74) is -3.18. The van der Waals surface area contributed by atoms with Crippen LogP contribution in [0.15, 0.2) is 29.2 Å². The van der Waals surface area contributed by atoms with Gasteiger partial charge in [0.1, 0.15) is 6.29 Å². The van der Waals surface area contributed by atoms with Gasteiger partial charge in [-0.3, -0.25) is 4.90 Å². The van der Waals surface area contributed by atoms with Crippen molar-refractivity contribution in [1.82, 2.24) is 9.80 Å². The molecule has 1 aliphatic rings. The summed E-state index contributed by atoms with van der Waals surface area (Å²) in [5, 5.41) is 0. The number of likely N-dealkylation sites (N-methyl/N-ethyl adjacent to an activating group) is 1. The lowest BCUT2D eigenvalue weighted by Crippen LogP contribution is -2.38. The minimum absolute atomic E-state index is 0.0688. The highest BCUT2D eigenvalue weighted by Gasteiger charge is 2.29. The van der Waals surface area contributed by atoms with E-state index in [1.165, 1.54) is 12.8 Å². The Bertz CT molecular complexity index is 624. The van der Waals surface area contributed by atoms with E-state index in [1.54, 1.807) is 24.3 Å². The van der Waals surface area contributed by atoms with E-state index in [9.17, 15) is 18.0 Å². The van der Waals surface area contributed by atoms with E-state index in [0.29, 0.717) is 6.04 Å². The number of benzene rings is 1. The van der Waals surface area contributed by atoms with Crippen LogP contribution >= 0.6 is 11.8 Å². The molecule has 2 rings (SSSR count). The van der Waals surface area contributed by atoms with Gasteiger partial charge in [0, 0.05) is 10.9 Å². The van der Waals surface area contributed by atoms with Gasteiger partial charge >= 0.3 is 5.51 Å². The molecular weight excluding hydrogens is 409 g/mol. The molecule has 1 saturated heterocycles. The fraction of sp³-hybridized carbons (Fsp3) is 0.696. The van der Waals surface area contributed by atoms with Crippen LogP contribution < -0.4 is 0 Å². The maximum atomic E-state index is 12.5. The molecule has 0 aromatic heterocycles. The first-order valence-corrected chi connectivity index (χ1v) is 11.9. The van der Waals surface area contributed by atoms with Gasteiger partial charge in [-0.05, 0) is 94.7 Å². The SMILES string of the molecule is CCN(CCCCN1CCCCCC1C=O)C(C)Cc1ccc(SC(F)(F)F)cc1. The number of thioether (sulfide) groups is 1. The third-order valence-corrected chi connectivity index (χ3v) is 6.67. The molecule has 30 heavy (non-hydrogen) atoms. The second-order valence-corrected chi connectivity index (χ2v) is 9.31. The summed E-state index contributed by atoms with van der Waals surface area (Å²) >= 11 is -0.0688. The Morgan fingerprint density at radius 1 is 1.20 bits per heavy atom. The van der Waals surface area contributed by atoms with Crippen LogP contribution in [0.5, 0.6) is 0 Å². The van der Waals surface area contributed by atoms with Gasteiger partial charge in [0.15, 0.2) is 0 Å². The van der Waals surface area contributed by atoms with E-state index >= 15 is 0 Å². The molecule has 2 atom stereocenters. The van der Waals surface area contributed by atoms with Gasteiger partial charge < -0.3 is 9.69 Å². The predicted octanol–water partition coefficient (Wildman–Crippen LogP) is 5.78. The van der Waals surface area contributed by atoms with Crippen molar-refractivity contribution in [1.29, 1.82) is 0 Å². The monoisotopic (exact) mass is 444 g/mol. The largest absolute Gasteiger partial charge is 0.446 e. The smallest absolute Gasteiger partial charge is 0.302 e. The van der Waals surface area contributed by atoms with Crippen LogP contribution in [0.4, 0.5) is 13.2 Å². The van der Waals surface area contributed by atoms with Gasteiger partial charge in [0.2, 0.25) is 0 Å². The first-order valence-electron chi connectivity index (χ1n) is 11.1. The molecule has 0 spiro atoms. The van der Waals surface area contributed by atoms with Gasteiger partial charge in [-0.2, -0.15) is 13.2 Å². The third kappa shape index (κ3) is 8.98. The van der Waals surface area contributed by atoms with Crippen LogP contribution in [0.2, 0.25) is 0 Å². The molecule has 1 aliphatic heterocycles. The highest BCUT2D eigenvalue weighted by molar-refractivity contribution is 8.00. The molecule has 0 saturated carbocycles. The summed E-state index contributed by atoms with van der Waals surface area (Å²) in [6.07, 6.45) is 8.64. The number of aldehydes is 1. The van der Waals surface area contributed by atoms with Crippen LogP contribution in [0.1, 0.15) is 57.9 Å². The number of nitrogens with zero attached hydrogens (tertiary/aromatic N) is 2. The van der Waals surface area contributed by atoms with Crippen LogP contribution in [0, 0.1) is 0 Å². The quantitative estimate of drug-likeness (QED) is 0.245. The normalized spacial score (nSPS) is 19.6. The molecule has 0 bridgehead atoms. The summed E-state index contributed by atoms with van der Waals surface area (Å²) in [5.74, 6) is 0. The summed E-state index contributed by atoms with van der Waals surface area (Å²) in [6, 6.07) is 7.14. The van der Waals surface area contributed by atoms with Crippen molar-refractivity contribution in [2.45, 2.75) is 81.3 Å². The van der Waals surface area contributed by atoms with Crippen molar-refractivity contribution < 1.29 is 18.0 Å². The minimum Gasteiger partial charge on any atom is -0.302 e. The molecule has 1 aromatic rings. The fourth-order valence-corrected chi connectivity index (χ4v) is 4.78. The Balaban J connectivity index is 1.76. The summed E-state index contributed by atoms with van der Waals surface area (Å²) in [6.45, 7) is 8.28. The molecule has 0 radical (unpaired) electrons. The fourth-order valence-electron chi connectivity index (χ4n) is 4.24. The number of rotatable bonds is 11. The molecule has 0 amide bonds. The van der Waals surface area contributed by atoms with Crippen molar-refractivity contribution in [3.63, 3.8) is 0 Å². The van der Waals surface area contributed by atoms with Crippen molar-refractivity contribution in [2.75, 3.05) is 26.2 Å². The Hall–Kier alpha value is -1.05. The molecule has 7 heteroatoms. The minimum atomic E-state index is -4.24. The number of hydrogen-bond acceptors (Lipinski definition) is 4. The van der Waals surface area contributed by atoms with E-state index in [2.05, 4.69) is 23.6 Å². The molecular formula is C23H35F3N2OS. The lowest BCUT2D eigenvalue weighted by molar-refractivity contribution is -0.112. The molecule has 3 nitrogen and oxygen atoms in total. The Kier molecular flexibility index (Phi) is 10.7. The van der Waals surface area contributed by atoms with E-state index in [-0.39, 0.29) is 22.7 Å². The maximum Gasteiger partial charge on any atom is 0.446 e. The number of likely N-dealkylation sites (tertiary alicyclic amines) is 1. The first-order chi connectivity index (χ1) is 14.3. The molecule has 0 aliphatic carbocycles. The van der Waals surface area contributed by atoms with Crippen molar-refractivity contribution in [3.8, 4) is 0 Å². The second-order valence-electron chi connectivity index (χ2n) is 8.17. The molecule has 0 N–H and O–H groups in total. The van der Waals surface area contributed by atoms with Crippen molar-refractivity contribution >= 4 is 18.0 Å². The second kappa shape index (κ2) is 12.7. The van der Waals surface area contributed by atoms with Crippen molar-refractivity contribution in [3.05, 3.63) is 29.8 Å². The highest BCUT2D eigenvalue weighted by Crippen LogP contribution is 2.36. The standard InChI is InChI=1S/C23H35F3N2OS/c1-3-27(14-7-8-16-28-15-6-4-5-9-21(28)18-29)19(2)17-20-10-12-22(13-11-20)30-23(24,25)26/h10-13,18-19,21H,3-9,14-17H2,1-2H3. The first kappa shape index (κ1) is 25.2. The summed E-state index contributed by atoms with van der Waals surface area (Å²) in [7, 11) is 0. The Labute approximate surface area is 183 Å². The van der Waals surface area contributed by atoms with E-state index < -0.39 is 5.51 Å². The maximum absolute atomic E-state index is 12.5. The predicted molar refractivity (Wildman–Crippen MR) is 118 cm³/mol. The highest BCUT2D eigenvalue weighted by atomic mass is 32.2. The Morgan fingerprint density at radius 2 is 1.93 bits per heavy atom. The van der Waals surface area contributed by atoms with Gasteiger partial charge in [0.25, 0.3) is 0 Å². The zero-order valence-corrected chi connectivity index (χ0v) is 19.0. The lowest BCUT2D eigenvalue weighted by Gasteiger charge is -2.29. The van der Waals surface area contributed by atoms with E-state index in [0.717, 1.165) is 70.1 Å². The van der Waals surface area contributed by atoms with Crippen molar-refractivity contribution in [2.24, 2.45) is 0 Å². The van der Waals surface area contributed by atoms with Gasteiger partial charge in [-0.1, -0.05) is 31.9 Å². The lowest BCUT2D eigenvalue weighted by atomic mass is 10.1. The number of carbonyl (C=O) groups is 1. The third-order valence-electron chi connectivity index (χ3n) is 5.93. The van der Waals surface area contributed by atoms with Crippen LogP contribution in [-0.2, 0) is 11.2 Å². The number of alkyl halides is 3. The van der Waals surface area contributed by atoms with Gasteiger partial charge in [-0.15, -0.1) is 0 Å². The van der Waals surface area contributed by atoms with Gasteiger partial charge in [-0.25, -0.2) is 0 Å². The summed E-state index contributed by atoms with van der Waals surface area (Å²) in [4.78, 5) is 16.4. The molecule has 1 aromatic carbocycles. The zero-order valence-electron chi connectivity index (χ0n) is 18.2. The molecule has 2 unspecified atom stereocenters. The molecule has 1 fully saturated rings. The average Bonchev–Trinajstić information content (AvgIpc) is 2.93. The number of carbonyl (C=O) groups excluding carboxylic acids is 1. The van der Waals surface area contributed by atoms with E-state index in [1.807, 2.05) is 0 Å². The molecule has 1 heterocycles. The van der Waals surface area contributed by atoms with Crippen LogP contribution in [0.3, 0.4) is 0 Å². The van der Waals surface area contributed by atoms with E-state index in [4.69, 9.17) is 0 Å². The Morgan fingerprint density at radius 3 is 2.57 bits per heavy atom. The van der Waals surface area contributed by atoms with Crippen LogP contribution in [-0.4, -0.2) is 59.9 Å². The van der Waals surface area contributed by atoms with Crippen LogP contribution in [0.25, 0.3) is 0 Å². The number of unbranched alkanes of at least 4 members (excludes halogenated alkanes) is 1. The topological polar surface area (TPSA) is 23.6 Å². The number of hydrogen-bond donors (Lipinski definition) is 0. The zero-order chi connectivity index (χ0) is 22.0.